The molecule has 1 saturated heterocycles. The molecule has 1 amide bonds. The molecule has 1 aromatic carbocycles. The Bertz CT molecular complexity index is 504. The van der Waals surface area contributed by atoms with Crippen molar-refractivity contribution in [2.45, 2.75) is 12.3 Å². The van der Waals surface area contributed by atoms with Gasteiger partial charge in [-0.3, -0.25) is 4.79 Å². The van der Waals surface area contributed by atoms with E-state index in [0.29, 0.717) is 6.54 Å². The molecule has 0 bridgehead atoms. The van der Waals surface area contributed by atoms with Gasteiger partial charge in [0.25, 0.3) is 0 Å². The van der Waals surface area contributed by atoms with Crippen LogP contribution < -0.4 is 0 Å². The van der Waals surface area contributed by atoms with E-state index in [-0.39, 0.29) is 31.2 Å². The van der Waals surface area contributed by atoms with E-state index >= 15 is 0 Å². The second-order valence-corrected chi connectivity index (χ2v) is 4.72. The number of methoxy groups -OCH3 is 1. The summed E-state index contributed by atoms with van der Waals surface area (Å²) in [6, 6.07) is 5.28. The maximum atomic E-state index is 13.0. The molecule has 1 fully saturated rings. The van der Waals surface area contributed by atoms with Gasteiger partial charge in [-0.05, 0) is 11.6 Å². The molecule has 0 aliphatic carbocycles. The number of carbonyl (C=O) groups excluding carboxylic acids is 1. The average Bonchev–Trinajstić information content (AvgIpc) is 2.47. The normalized spacial score (nSPS) is 19.6. The summed E-state index contributed by atoms with van der Waals surface area (Å²) in [5.41, 5.74) is -0.670. The first-order valence-electron chi connectivity index (χ1n) is 6.48. The molecule has 1 aliphatic rings. The lowest BCUT2D eigenvalue weighted by Gasteiger charge is -2.34. The van der Waals surface area contributed by atoms with Crippen molar-refractivity contribution in [3.8, 4) is 0 Å². The monoisotopic (exact) mass is 303 g/mol. The molecule has 0 N–H and O–H groups in total. The lowest BCUT2D eigenvalue weighted by atomic mass is 10.0. The summed E-state index contributed by atoms with van der Waals surface area (Å²) in [7, 11) is 1.40. The largest absolute Gasteiger partial charge is 0.416 e. The van der Waals surface area contributed by atoms with E-state index in [1.54, 1.807) is 0 Å². The Balaban J connectivity index is 2.20. The van der Waals surface area contributed by atoms with Crippen molar-refractivity contribution >= 4 is 5.91 Å². The van der Waals surface area contributed by atoms with Crippen LogP contribution in [0.4, 0.5) is 13.2 Å². The Morgan fingerprint density at radius 1 is 1.43 bits per heavy atom. The van der Waals surface area contributed by atoms with Crippen molar-refractivity contribution in [1.82, 2.24) is 4.90 Å². The number of hydrogen-bond donors (Lipinski definition) is 0. The van der Waals surface area contributed by atoms with Gasteiger partial charge in [-0.1, -0.05) is 18.2 Å². The standard InChI is InChI=1S/C14H16F3NO3/c1-20-9-13(19)18-6-7-21-12(8-18)10-4-2-3-5-11(10)14(15,16)17/h2-5,12H,6-9H2,1H3/t12-/m0/s1. The minimum absolute atomic E-state index is 0.0555. The number of alkyl halides is 3. The fraction of sp³-hybridized carbons (Fsp3) is 0.500. The summed E-state index contributed by atoms with van der Waals surface area (Å²) < 4.78 is 49.3. The van der Waals surface area contributed by atoms with E-state index in [9.17, 15) is 18.0 Å². The molecule has 0 unspecified atom stereocenters. The first-order chi connectivity index (χ1) is 9.93. The first kappa shape index (κ1) is 15.8. The number of carbonyl (C=O) groups is 1. The van der Waals surface area contributed by atoms with Gasteiger partial charge in [-0.25, -0.2) is 0 Å². The molecule has 116 valence electrons. The third-order valence-electron chi connectivity index (χ3n) is 3.30. The number of morpholine rings is 1. The predicted molar refractivity (Wildman–Crippen MR) is 68.6 cm³/mol. The van der Waals surface area contributed by atoms with Gasteiger partial charge in [-0.15, -0.1) is 0 Å². The zero-order valence-electron chi connectivity index (χ0n) is 11.5. The van der Waals surface area contributed by atoms with Gasteiger partial charge in [0, 0.05) is 13.7 Å². The van der Waals surface area contributed by atoms with Gasteiger partial charge >= 0.3 is 6.18 Å². The van der Waals surface area contributed by atoms with Crippen LogP contribution in [0.15, 0.2) is 24.3 Å². The molecule has 2 rings (SSSR count). The summed E-state index contributed by atoms with van der Waals surface area (Å²) in [4.78, 5) is 13.2. The Morgan fingerprint density at radius 3 is 2.81 bits per heavy atom. The quantitative estimate of drug-likeness (QED) is 0.860. The van der Waals surface area contributed by atoms with E-state index in [2.05, 4.69) is 0 Å². The number of ether oxygens (including phenoxy) is 2. The second kappa shape index (κ2) is 6.44. The average molecular weight is 303 g/mol. The van der Waals surface area contributed by atoms with Crippen LogP contribution in [-0.2, 0) is 20.4 Å². The van der Waals surface area contributed by atoms with Crippen LogP contribution in [0.3, 0.4) is 0 Å². The number of nitrogens with zero attached hydrogens (tertiary/aromatic N) is 1. The van der Waals surface area contributed by atoms with E-state index < -0.39 is 17.8 Å². The minimum atomic E-state index is -4.45. The van der Waals surface area contributed by atoms with Gasteiger partial charge in [0.15, 0.2) is 0 Å². The van der Waals surface area contributed by atoms with Crippen molar-refractivity contribution in [2.24, 2.45) is 0 Å². The Hall–Kier alpha value is -1.60. The maximum Gasteiger partial charge on any atom is 0.416 e. The van der Waals surface area contributed by atoms with E-state index in [1.165, 1.54) is 30.2 Å². The summed E-state index contributed by atoms with van der Waals surface area (Å²) in [5, 5.41) is 0. The Kier molecular flexibility index (Phi) is 4.84. The maximum absolute atomic E-state index is 13.0. The molecule has 0 saturated carbocycles. The highest BCUT2D eigenvalue weighted by molar-refractivity contribution is 5.77. The molecule has 4 nitrogen and oxygen atoms in total. The minimum Gasteiger partial charge on any atom is -0.375 e. The highest BCUT2D eigenvalue weighted by Gasteiger charge is 2.36. The summed E-state index contributed by atoms with van der Waals surface area (Å²) >= 11 is 0. The fourth-order valence-corrected chi connectivity index (χ4v) is 2.31. The van der Waals surface area contributed by atoms with Crippen molar-refractivity contribution in [1.29, 1.82) is 0 Å². The molecule has 1 aliphatic heterocycles. The molecule has 0 radical (unpaired) electrons. The van der Waals surface area contributed by atoms with Crippen LogP contribution in [0.25, 0.3) is 0 Å². The molecular weight excluding hydrogens is 287 g/mol. The zero-order chi connectivity index (χ0) is 15.5. The number of benzene rings is 1. The molecule has 0 spiro atoms. The van der Waals surface area contributed by atoms with Crippen molar-refractivity contribution in [3.05, 3.63) is 35.4 Å². The van der Waals surface area contributed by atoms with Crippen LogP contribution in [-0.4, -0.2) is 44.2 Å². The smallest absolute Gasteiger partial charge is 0.375 e. The van der Waals surface area contributed by atoms with Crippen molar-refractivity contribution < 1.29 is 27.4 Å². The highest BCUT2D eigenvalue weighted by atomic mass is 19.4. The first-order valence-corrected chi connectivity index (χ1v) is 6.48. The van der Waals surface area contributed by atoms with Gasteiger partial charge in [0.05, 0.1) is 18.7 Å². The fourth-order valence-electron chi connectivity index (χ4n) is 2.31. The zero-order valence-corrected chi connectivity index (χ0v) is 11.5. The SMILES string of the molecule is COCC(=O)N1CCO[C@H](c2ccccc2C(F)(F)F)C1. The molecule has 21 heavy (non-hydrogen) atoms. The Morgan fingerprint density at radius 2 is 2.14 bits per heavy atom. The van der Waals surface area contributed by atoms with E-state index in [1.807, 2.05) is 0 Å². The van der Waals surface area contributed by atoms with Gasteiger partial charge in [0.2, 0.25) is 5.91 Å². The molecule has 1 atom stereocenters. The van der Waals surface area contributed by atoms with E-state index in [0.717, 1.165) is 6.07 Å². The molecule has 1 aromatic rings. The number of halogens is 3. The predicted octanol–water partition coefficient (Wildman–Crippen LogP) is 2.25. The van der Waals surface area contributed by atoms with Crippen LogP contribution in [0, 0.1) is 0 Å². The van der Waals surface area contributed by atoms with E-state index in [4.69, 9.17) is 9.47 Å². The molecular formula is C14H16F3NO3. The van der Waals surface area contributed by atoms with Crippen LogP contribution in [0.2, 0.25) is 0 Å². The topological polar surface area (TPSA) is 38.8 Å². The van der Waals surface area contributed by atoms with Crippen LogP contribution >= 0.6 is 0 Å². The lowest BCUT2D eigenvalue weighted by Crippen LogP contribution is -2.44. The van der Waals surface area contributed by atoms with Gasteiger partial charge < -0.3 is 14.4 Å². The lowest BCUT2D eigenvalue weighted by molar-refractivity contribution is -0.145. The van der Waals surface area contributed by atoms with Gasteiger partial charge in [-0.2, -0.15) is 13.2 Å². The number of amides is 1. The second-order valence-electron chi connectivity index (χ2n) is 4.72. The van der Waals surface area contributed by atoms with Crippen molar-refractivity contribution in [2.75, 3.05) is 33.4 Å². The van der Waals surface area contributed by atoms with Crippen molar-refractivity contribution in [3.63, 3.8) is 0 Å². The van der Waals surface area contributed by atoms with Crippen LogP contribution in [0.1, 0.15) is 17.2 Å². The summed E-state index contributed by atoms with van der Waals surface area (Å²) in [5.74, 6) is -0.254. The number of hydrogen-bond acceptors (Lipinski definition) is 3. The third-order valence-corrected chi connectivity index (χ3v) is 3.30. The van der Waals surface area contributed by atoms with Crippen LogP contribution in [0.5, 0.6) is 0 Å². The van der Waals surface area contributed by atoms with Gasteiger partial charge in [0.1, 0.15) is 12.7 Å². The summed E-state index contributed by atoms with van der Waals surface area (Å²) in [6.07, 6.45) is -5.23. The molecule has 1 heterocycles. The number of rotatable bonds is 3. The molecule has 0 aromatic heterocycles. The molecule has 7 heteroatoms. The third kappa shape index (κ3) is 3.74. The highest BCUT2D eigenvalue weighted by Crippen LogP contribution is 2.36. The Labute approximate surface area is 120 Å². The summed E-state index contributed by atoms with van der Waals surface area (Å²) in [6.45, 7) is 0.558.